The molecule has 0 aliphatic carbocycles. The van der Waals surface area contributed by atoms with E-state index in [4.69, 9.17) is 16.3 Å². The Kier molecular flexibility index (Phi) is 4.01. The molecule has 0 fully saturated rings. The van der Waals surface area contributed by atoms with E-state index < -0.39 is 0 Å². The van der Waals surface area contributed by atoms with E-state index in [0.717, 1.165) is 24.6 Å². The van der Waals surface area contributed by atoms with Gasteiger partial charge in [-0.3, -0.25) is 0 Å². The highest BCUT2D eigenvalue weighted by atomic mass is 35.5. The van der Waals surface area contributed by atoms with Crippen LogP contribution in [0.25, 0.3) is 11.2 Å². The molecule has 0 aromatic carbocycles. The summed E-state index contributed by atoms with van der Waals surface area (Å²) in [5.74, 6) is 1.88. The molecule has 0 spiro atoms. The number of imidazole rings is 2. The summed E-state index contributed by atoms with van der Waals surface area (Å²) in [6, 6.07) is 0. The number of halogens is 1. The van der Waals surface area contributed by atoms with Crippen molar-refractivity contribution in [3.63, 3.8) is 0 Å². The third kappa shape index (κ3) is 2.69. The second-order valence-electron chi connectivity index (χ2n) is 4.47. The number of hydrogen-bond donors (Lipinski definition) is 0. The molecule has 0 aliphatic rings. The van der Waals surface area contributed by atoms with Crippen molar-refractivity contribution in [1.82, 2.24) is 29.1 Å². The van der Waals surface area contributed by atoms with Crippen LogP contribution in [0, 0.1) is 0 Å². The zero-order valence-electron chi connectivity index (χ0n) is 11.6. The Hall–Kier alpha value is -2.15. The van der Waals surface area contributed by atoms with E-state index in [1.807, 2.05) is 10.8 Å². The summed E-state index contributed by atoms with van der Waals surface area (Å²) in [6.45, 7) is 1.52. The lowest BCUT2D eigenvalue weighted by molar-refractivity contribution is 0.401. The number of aryl methyl sites for hydroxylation is 3. The van der Waals surface area contributed by atoms with Crippen LogP contribution in [0.4, 0.5) is 0 Å². The van der Waals surface area contributed by atoms with Gasteiger partial charge in [0.05, 0.1) is 13.4 Å². The molecule has 21 heavy (non-hydrogen) atoms. The lowest BCUT2D eigenvalue weighted by Gasteiger charge is -2.08. The molecule has 8 heteroatoms. The molecule has 0 amide bonds. The summed E-state index contributed by atoms with van der Waals surface area (Å²) >= 11 is 5.87. The van der Waals surface area contributed by atoms with Crippen molar-refractivity contribution in [2.45, 2.75) is 19.5 Å². The van der Waals surface area contributed by atoms with E-state index in [9.17, 15) is 0 Å². The Labute approximate surface area is 126 Å². The SMILES string of the molecule is COc1ncnc2c1nc(CCCl)n2CCn1ccnc1. The predicted molar refractivity (Wildman–Crippen MR) is 78.5 cm³/mol. The third-order valence-corrected chi connectivity index (χ3v) is 3.42. The molecular formula is C13H15ClN6O. The van der Waals surface area contributed by atoms with E-state index >= 15 is 0 Å². The van der Waals surface area contributed by atoms with E-state index in [1.165, 1.54) is 6.33 Å². The molecule has 3 aromatic rings. The zero-order chi connectivity index (χ0) is 14.7. The van der Waals surface area contributed by atoms with E-state index in [2.05, 4.69) is 24.5 Å². The van der Waals surface area contributed by atoms with Crippen molar-refractivity contribution in [1.29, 1.82) is 0 Å². The first-order chi connectivity index (χ1) is 10.3. The van der Waals surface area contributed by atoms with Crippen LogP contribution in [0.5, 0.6) is 5.88 Å². The summed E-state index contributed by atoms with van der Waals surface area (Å²) in [5.41, 5.74) is 1.44. The first-order valence-corrected chi connectivity index (χ1v) is 7.12. The molecule has 0 aliphatic heterocycles. The Morgan fingerprint density at radius 1 is 1.29 bits per heavy atom. The minimum atomic E-state index is 0.484. The summed E-state index contributed by atoms with van der Waals surface area (Å²) in [5, 5.41) is 0. The van der Waals surface area contributed by atoms with Crippen molar-refractivity contribution in [3.8, 4) is 5.88 Å². The van der Waals surface area contributed by atoms with Crippen LogP contribution in [-0.2, 0) is 19.5 Å². The average Bonchev–Trinajstić information content (AvgIpc) is 3.12. The molecule has 0 saturated carbocycles. The van der Waals surface area contributed by atoms with Gasteiger partial charge in [0.2, 0.25) is 5.88 Å². The van der Waals surface area contributed by atoms with Gasteiger partial charge in [-0.2, -0.15) is 4.98 Å². The molecule has 0 atom stereocenters. The standard InChI is InChI=1S/C13H15ClN6O/c1-21-13-11-12(16-8-17-13)20(10(18-11)2-3-14)7-6-19-5-4-15-9-19/h4-5,8-9H,2-3,6-7H2,1H3. The second kappa shape index (κ2) is 6.09. The molecule has 0 saturated heterocycles. The Bertz CT molecular complexity index is 724. The van der Waals surface area contributed by atoms with Crippen molar-refractivity contribution in [3.05, 3.63) is 30.9 Å². The largest absolute Gasteiger partial charge is 0.479 e. The van der Waals surface area contributed by atoms with E-state index in [0.29, 0.717) is 23.7 Å². The Morgan fingerprint density at radius 2 is 2.19 bits per heavy atom. The van der Waals surface area contributed by atoms with Crippen molar-refractivity contribution < 1.29 is 4.74 Å². The van der Waals surface area contributed by atoms with Gasteiger partial charge >= 0.3 is 0 Å². The van der Waals surface area contributed by atoms with Crippen LogP contribution in [0.1, 0.15) is 5.82 Å². The monoisotopic (exact) mass is 306 g/mol. The molecular weight excluding hydrogens is 292 g/mol. The maximum absolute atomic E-state index is 5.87. The van der Waals surface area contributed by atoms with E-state index in [-0.39, 0.29) is 0 Å². The number of ether oxygens (including phenoxy) is 1. The predicted octanol–water partition coefficient (Wildman–Crippen LogP) is 1.51. The molecule has 3 heterocycles. The first kappa shape index (κ1) is 13.8. The zero-order valence-corrected chi connectivity index (χ0v) is 12.4. The summed E-state index contributed by atoms with van der Waals surface area (Å²) in [6.07, 6.45) is 7.63. The molecule has 0 bridgehead atoms. The first-order valence-electron chi connectivity index (χ1n) is 6.59. The molecule has 7 nitrogen and oxygen atoms in total. The molecule has 0 radical (unpaired) electrons. The van der Waals surface area contributed by atoms with Crippen LogP contribution < -0.4 is 4.74 Å². The topological polar surface area (TPSA) is 70.7 Å². The van der Waals surface area contributed by atoms with Gasteiger partial charge in [0, 0.05) is 37.8 Å². The minimum Gasteiger partial charge on any atom is -0.479 e. The molecule has 3 rings (SSSR count). The van der Waals surface area contributed by atoms with Crippen LogP contribution in [0.15, 0.2) is 25.0 Å². The quantitative estimate of drug-likeness (QED) is 0.646. The fraction of sp³-hybridized carbons (Fsp3) is 0.385. The number of aromatic nitrogens is 6. The second-order valence-corrected chi connectivity index (χ2v) is 4.85. The van der Waals surface area contributed by atoms with Gasteiger partial charge in [-0.25, -0.2) is 15.0 Å². The maximum Gasteiger partial charge on any atom is 0.245 e. The fourth-order valence-electron chi connectivity index (χ4n) is 2.26. The Balaban J connectivity index is 1.99. The van der Waals surface area contributed by atoms with Gasteiger partial charge in [-0.15, -0.1) is 11.6 Å². The number of nitrogens with zero attached hydrogens (tertiary/aromatic N) is 6. The molecule has 0 unspecified atom stereocenters. The minimum absolute atomic E-state index is 0.484. The lowest BCUT2D eigenvalue weighted by Crippen LogP contribution is -2.10. The van der Waals surface area contributed by atoms with Gasteiger partial charge in [-0.1, -0.05) is 0 Å². The smallest absolute Gasteiger partial charge is 0.245 e. The normalized spacial score (nSPS) is 11.1. The molecule has 3 aromatic heterocycles. The fourth-order valence-corrected chi connectivity index (χ4v) is 2.42. The summed E-state index contributed by atoms with van der Waals surface area (Å²) in [7, 11) is 1.58. The maximum atomic E-state index is 5.87. The van der Waals surface area contributed by atoms with Crippen LogP contribution in [0.2, 0.25) is 0 Å². The van der Waals surface area contributed by atoms with Crippen LogP contribution in [-0.4, -0.2) is 42.1 Å². The van der Waals surface area contributed by atoms with Crippen molar-refractivity contribution >= 4 is 22.8 Å². The number of fused-ring (bicyclic) bond motifs is 1. The number of methoxy groups -OCH3 is 1. The average molecular weight is 307 g/mol. The van der Waals surface area contributed by atoms with E-state index in [1.54, 1.807) is 19.6 Å². The van der Waals surface area contributed by atoms with Crippen LogP contribution in [0.3, 0.4) is 0 Å². The van der Waals surface area contributed by atoms with Gasteiger partial charge in [0.15, 0.2) is 11.2 Å². The van der Waals surface area contributed by atoms with Gasteiger partial charge in [0.25, 0.3) is 0 Å². The van der Waals surface area contributed by atoms with Crippen molar-refractivity contribution in [2.75, 3.05) is 13.0 Å². The molecule has 110 valence electrons. The highest BCUT2D eigenvalue weighted by Gasteiger charge is 2.15. The van der Waals surface area contributed by atoms with Gasteiger partial charge < -0.3 is 13.9 Å². The number of alkyl halides is 1. The summed E-state index contributed by atoms with van der Waals surface area (Å²) < 4.78 is 9.32. The number of hydrogen-bond acceptors (Lipinski definition) is 5. The van der Waals surface area contributed by atoms with Crippen LogP contribution >= 0.6 is 11.6 Å². The third-order valence-electron chi connectivity index (χ3n) is 3.23. The number of rotatable bonds is 6. The lowest BCUT2D eigenvalue weighted by atomic mass is 10.4. The summed E-state index contributed by atoms with van der Waals surface area (Å²) in [4.78, 5) is 17.0. The van der Waals surface area contributed by atoms with Gasteiger partial charge in [0.1, 0.15) is 12.2 Å². The van der Waals surface area contributed by atoms with Crippen molar-refractivity contribution in [2.24, 2.45) is 0 Å². The Morgan fingerprint density at radius 3 is 2.90 bits per heavy atom. The highest BCUT2D eigenvalue weighted by molar-refractivity contribution is 6.17. The van der Waals surface area contributed by atoms with Gasteiger partial charge in [-0.05, 0) is 0 Å². The highest BCUT2D eigenvalue weighted by Crippen LogP contribution is 2.22. The molecule has 0 N–H and O–H groups in total.